The number of halogens is 3. The van der Waals surface area contributed by atoms with Gasteiger partial charge in [0.05, 0.1) is 13.2 Å². The van der Waals surface area contributed by atoms with E-state index in [-0.39, 0.29) is 35.0 Å². The Morgan fingerprint density at radius 1 is 1.14 bits per heavy atom. The zero-order valence-corrected chi connectivity index (χ0v) is 17.5. The van der Waals surface area contributed by atoms with E-state index < -0.39 is 24.6 Å². The number of hydrogen-bond donors (Lipinski definition) is 1. The van der Waals surface area contributed by atoms with Crippen LogP contribution in [0.25, 0.3) is 0 Å². The number of carbonyl (C=O) groups is 2. The quantitative estimate of drug-likeness (QED) is 0.643. The molecule has 0 aromatic rings. The van der Waals surface area contributed by atoms with Crippen LogP contribution in [-0.2, 0) is 14.3 Å². The summed E-state index contributed by atoms with van der Waals surface area (Å²) in [4.78, 5) is 29.4. The summed E-state index contributed by atoms with van der Waals surface area (Å²) in [6.45, 7) is 1.80. The molecule has 2 amide bonds. The number of piperidine rings is 1. The number of amides is 2. The number of carbonyl (C=O) groups excluding carboxylic acids is 2. The third-order valence-electron chi connectivity index (χ3n) is 6.55. The third-order valence-corrected chi connectivity index (χ3v) is 7.24. The summed E-state index contributed by atoms with van der Waals surface area (Å²) in [7, 11) is 0. The Bertz CT molecular complexity index is 601. The number of nitrogens with zero attached hydrogens (tertiary/aromatic N) is 2. The van der Waals surface area contributed by atoms with Gasteiger partial charge in [0.25, 0.3) is 0 Å². The van der Waals surface area contributed by atoms with E-state index in [4.69, 9.17) is 4.74 Å². The van der Waals surface area contributed by atoms with E-state index >= 15 is 0 Å². The molecule has 4 unspecified atom stereocenters. The molecule has 9 heteroatoms. The van der Waals surface area contributed by atoms with Gasteiger partial charge in [-0.05, 0) is 38.0 Å². The molecule has 4 rings (SSSR count). The molecule has 3 aliphatic heterocycles. The first-order chi connectivity index (χ1) is 13.4. The van der Waals surface area contributed by atoms with Crippen molar-refractivity contribution in [2.24, 2.45) is 11.8 Å². The van der Waals surface area contributed by atoms with E-state index in [0.717, 1.165) is 12.8 Å². The Morgan fingerprint density at radius 2 is 1.86 bits per heavy atom. The molecule has 1 saturated carbocycles. The molecule has 158 valence electrons. The normalized spacial score (nSPS) is 40.5. The molecule has 3 saturated heterocycles. The van der Waals surface area contributed by atoms with Gasteiger partial charge in [-0.25, -0.2) is 8.78 Å². The minimum absolute atomic E-state index is 0.0207. The van der Waals surface area contributed by atoms with Gasteiger partial charge in [-0.3, -0.25) is 14.9 Å². The maximum Gasteiger partial charge on any atom is 0.247 e. The van der Waals surface area contributed by atoms with E-state index in [1.165, 1.54) is 4.90 Å². The maximum atomic E-state index is 14.6. The molecule has 6 nitrogen and oxygen atoms in total. The average Bonchev–Trinajstić information content (AvgIpc) is 2.61. The molecule has 0 spiro atoms. The summed E-state index contributed by atoms with van der Waals surface area (Å²) < 4.78 is 33.4. The van der Waals surface area contributed by atoms with Crippen LogP contribution < -0.4 is 5.32 Å². The topological polar surface area (TPSA) is 61.9 Å². The van der Waals surface area contributed by atoms with Gasteiger partial charge in [-0.1, -0.05) is 15.9 Å². The average molecular weight is 464 g/mol. The molecule has 4 atom stereocenters. The first kappa shape index (κ1) is 20.5. The van der Waals surface area contributed by atoms with E-state index in [9.17, 15) is 18.4 Å². The Balaban J connectivity index is 1.49. The van der Waals surface area contributed by atoms with E-state index in [1.54, 1.807) is 4.90 Å². The fraction of sp³-hybridized carbons (Fsp3) is 0.895. The van der Waals surface area contributed by atoms with Crippen LogP contribution in [0.15, 0.2) is 0 Å². The Hall–Kier alpha value is -0.800. The molecule has 1 N–H and O–H groups in total. The molecular formula is C19H28BrF2N3O3. The maximum absolute atomic E-state index is 14.6. The summed E-state index contributed by atoms with van der Waals surface area (Å²) in [5.41, 5.74) is 0. The second kappa shape index (κ2) is 8.52. The van der Waals surface area contributed by atoms with Crippen molar-refractivity contribution in [2.45, 2.75) is 61.5 Å². The van der Waals surface area contributed by atoms with E-state index in [1.807, 2.05) is 0 Å². The van der Waals surface area contributed by atoms with Crippen molar-refractivity contribution in [3.63, 3.8) is 0 Å². The van der Waals surface area contributed by atoms with Crippen LogP contribution in [0.2, 0.25) is 0 Å². The zero-order valence-electron chi connectivity index (χ0n) is 15.9. The molecule has 0 aromatic carbocycles. The van der Waals surface area contributed by atoms with Crippen LogP contribution in [0.3, 0.4) is 0 Å². The highest BCUT2D eigenvalue weighted by Gasteiger charge is 2.50. The Kier molecular flexibility index (Phi) is 6.23. The summed E-state index contributed by atoms with van der Waals surface area (Å²) in [5.74, 6) is -0.175. The second-order valence-corrected chi connectivity index (χ2v) is 9.87. The lowest BCUT2D eigenvalue weighted by molar-refractivity contribution is -0.173. The number of nitrogens with one attached hydrogen (secondary N) is 1. The van der Waals surface area contributed by atoms with Gasteiger partial charge in [0.2, 0.25) is 11.8 Å². The van der Waals surface area contributed by atoms with Gasteiger partial charge < -0.3 is 14.5 Å². The Labute approximate surface area is 172 Å². The lowest BCUT2D eigenvalue weighted by Gasteiger charge is -2.50. The zero-order chi connectivity index (χ0) is 19.8. The second-order valence-electron chi connectivity index (χ2n) is 8.57. The number of hydrogen-bond acceptors (Lipinski definition) is 4. The van der Waals surface area contributed by atoms with Crippen molar-refractivity contribution in [2.75, 3.05) is 32.8 Å². The molecule has 4 aliphatic rings. The number of rotatable bonds is 4. The van der Waals surface area contributed by atoms with Crippen LogP contribution in [0.4, 0.5) is 8.78 Å². The van der Waals surface area contributed by atoms with Crippen molar-refractivity contribution in [3.05, 3.63) is 0 Å². The fourth-order valence-electron chi connectivity index (χ4n) is 4.84. The van der Waals surface area contributed by atoms with Crippen molar-refractivity contribution in [1.82, 2.24) is 15.1 Å². The van der Waals surface area contributed by atoms with Crippen LogP contribution >= 0.6 is 15.9 Å². The molecule has 4 fully saturated rings. The van der Waals surface area contributed by atoms with Gasteiger partial charge in [0.15, 0.2) is 0 Å². The minimum atomic E-state index is -1.22. The number of piperazine rings is 1. The predicted molar refractivity (Wildman–Crippen MR) is 102 cm³/mol. The summed E-state index contributed by atoms with van der Waals surface area (Å²) >= 11 is 3.41. The smallest absolute Gasteiger partial charge is 0.247 e. The van der Waals surface area contributed by atoms with Gasteiger partial charge in [-0.15, -0.1) is 0 Å². The highest BCUT2D eigenvalue weighted by Crippen LogP contribution is 2.32. The summed E-state index contributed by atoms with van der Waals surface area (Å²) in [5, 5.41) is 3.08. The fourth-order valence-corrected chi connectivity index (χ4v) is 5.38. The molecular weight excluding hydrogens is 436 g/mol. The summed E-state index contributed by atoms with van der Waals surface area (Å²) in [6, 6.07) is -0.603. The highest BCUT2D eigenvalue weighted by atomic mass is 79.9. The van der Waals surface area contributed by atoms with Gasteiger partial charge in [0.1, 0.15) is 31.1 Å². The lowest BCUT2D eigenvalue weighted by Crippen LogP contribution is -2.70. The van der Waals surface area contributed by atoms with E-state index in [2.05, 4.69) is 21.2 Å². The van der Waals surface area contributed by atoms with Crippen LogP contribution in [-0.4, -0.2) is 83.8 Å². The van der Waals surface area contributed by atoms with Crippen LogP contribution in [0.1, 0.15) is 32.1 Å². The van der Waals surface area contributed by atoms with E-state index in [0.29, 0.717) is 45.6 Å². The monoisotopic (exact) mass is 463 g/mol. The molecule has 0 radical (unpaired) electrons. The van der Waals surface area contributed by atoms with Crippen molar-refractivity contribution in [3.8, 4) is 0 Å². The number of ether oxygens (including phenoxy) is 1. The van der Waals surface area contributed by atoms with Crippen LogP contribution in [0.5, 0.6) is 0 Å². The molecule has 1 aliphatic carbocycles. The van der Waals surface area contributed by atoms with Gasteiger partial charge >= 0.3 is 0 Å². The van der Waals surface area contributed by atoms with Crippen molar-refractivity contribution in [1.29, 1.82) is 0 Å². The molecule has 0 aromatic heterocycles. The predicted octanol–water partition coefficient (Wildman–Crippen LogP) is 1.62. The molecule has 28 heavy (non-hydrogen) atoms. The minimum Gasteiger partial charge on any atom is -0.380 e. The standard InChI is InChI=1S/C19H28BrF2N3O3/c20-13-5-15(22)18(23-6-13)25-8-16(26)24(7-11-1-3-14(21)4-2-11)17(19(25)27)12-9-28-10-12/h11-15,17-18,23H,1-10H2. The van der Waals surface area contributed by atoms with Gasteiger partial charge in [-0.2, -0.15) is 0 Å². The summed E-state index contributed by atoms with van der Waals surface area (Å²) in [6.07, 6.45) is 0.0831. The first-order valence-corrected chi connectivity index (χ1v) is 11.2. The lowest BCUT2D eigenvalue weighted by atomic mass is 9.85. The molecule has 3 heterocycles. The van der Waals surface area contributed by atoms with Crippen LogP contribution in [0, 0.1) is 11.8 Å². The number of alkyl halides is 3. The third kappa shape index (κ3) is 4.07. The highest BCUT2D eigenvalue weighted by molar-refractivity contribution is 9.09. The SMILES string of the molecule is O=C1C(C2COC2)N(CC2CCC(F)CC2)C(=O)CN1C1NCC(Br)CC1F. The van der Waals surface area contributed by atoms with Crippen molar-refractivity contribution < 1.29 is 23.1 Å². The first-order valence-electron chi connectivity index (χ1n) is 10.3. The van der Waals surface area contributed by atoms with Crippen molar-refractivity contribution >= 4 is 27.7 Å². The largest absolute Gasteiger partial charge is 0.380 e. The Morgan fingerprint density at radius 3 is 2.46 bits per heavy atom. The van der Waals surface area contributed by atoms with Gasteiger partial charge in [0, 0.05) is 23.8 Å². The molecule has 0 bridgehead atoms.